The normalized spacial score (nSPS) is 22.0. The third kappa shape index (κ3) is 20.0. The van der Waals surface area contributed by atoms with Crippen molar-refractivity contribution >= 4 is 11.9 Å². The summed E-state index contributed by atoms with van der Waals surface area (Å²) in [6.45, 7) is 9.01. The van der Waals surface area contributed by atoms with Gasteiger partial charge in [-0.2, -0.15) is 0 Å². The summed E-state index contributed by atoms with van der Waals surface area (Å²) >= 11 is 0. The average Bonchev–Trinajstić information content (AvgIpc) is 3.05. The van der Waals surface area contributed by atoms with Gasteiger partial charge in [0.2, 0.25) is 0 Å². The van der Waals surface area contributed by atoms with Crippen molar-refractivity contribution in [1.29, 1.82) is 0 Å². The monoisotopic (exact) mass is 636 g/mol. The van der Waals surface area contributed by atoms with E-state index in [9.17, 15) is 14.7 Å². The standard InChI is InChI=1S/C39H73NO5/c1-3-5-9-17-34-19-21-36(22-20-34)33-38(42)44-31-15-7-11-27-40(29-13-14-30-41)28-12-8-16-32-45-39(43)37-25-23-35(24-26-37)18-10-6-4-2/h34-37,41H,3-33H2,1-2H3. The predicted octanol–water partition coefficient (Wildman–Crippen LogP) is 9.65. The second-order valence-electron chi connectivity index (χ2n) is 14.6. The predicted molar refractivity (Wildman–Crippen MR) is 186 cm³/mol. The summed E-state index contributed by atoms with van der Waals surface area (Å²) < 4.78 is 11.3. The molecule has 0 heterocycles. The van der Waals surface area contributed by atoms with Gasteiger partial charge in [-0.3, -0.25) is 9.59 Å². The van der Waals surface area contributed by atoms with Gasteiger partial charge in [0.1, 0.15) is 0 Å². The maximum Gasteiger partial charge on any atom is 0.308 e. The van der Waals surface area contributed by atoms with Gasteiger partial charge in [0.15, 0.2) is 0 Å². The fraction of sp³-hybridized carbons (Fsp3) is 0.949. The van der Waals surface area contributed by atoms with Crippen molar-refractivity contribution in [3.63, 3.8) is 0 Å². The number of nitrogens with zero attached hydrogens (tertiary/aromatic N) is 1. The smallest absolute Gasteiger partial charge is 0.308 e. The van der Waals surface area contributed by atoms with E-state index in [0.29, 0.717) is 25.6 Å². The Balaban J connectivity index is 1.48. The molecule has 2 rings (SSSR count). The first-order valence-corrected chi connectivity index (χ1v) is 19.7. The Morgan fingerprint density at radius 1 is 0.578 bits per heavy atom. The molecular weight excluding hydrogens is 562 g/mol. The molecule has 2 fully saturated rings. The molecule has 0 aromatic carbocycles. The van der Waals surface area contributed by atoms with Crippen LogP contribution < -0.4 is 0 Å². The number of unbranched alkanes of at least 4 members (excludes halogenated alkanes) is 9. The van der Waals surface area contributed by atoms with Gasteiger partial charge in [0, 0.05) is 13.0 Å². The minimum absolute atomic E-state index is 0.00549. The number of esters is 2. The molecule has 0 saturated heterocycles. The van der Waals surface area contributed by atoms with Crippen molar-refractivity contribution in [2.45, 2.75) is 174 Å². The van der Waals surface area contributed by atoms with Crippen molar-refractivity contribution < 1.29 is 24.2 Å². The first-order valence-electron chi connectivity index (χ1n) is 19.7. The van der Waals surface area contributed by atoms with Crippen molar-refractivity contribution in [3.8, 4) is 0 Å². The number of rotatable bonds is 27. The van der Waals surface area contributed by atoms with E-state index in [4.69, 9.17) is 9.47 Å². The molecule has 6 nitrogen and oxygen atoms in total. The Morgan fingerprint density at radius 3 is 1.60 bits per heavy atom. The van der Waals surface area contributed by atoms with Gasteiger partial charge in [0.05, 0.1) is 19.1 Å². The number of hydrogen-bond acceptors (Lipinski definition) is 6. The topological polar surface area (TPSA) is 76.1 Å². The molecule has 0 atom stereocenters. The largest absolute Gasteiger partial charge is 0.466 e. The maximum atomic E-state index is 12.5. The molecule has 0 unspecified atom stereocenters. The van der Waals surface area contributed by atoms with Gasteiger partial charge in [-0.1, -0.05) is 78.1 Å². The molecule has 0 radical (unpaired) electrons. The Bertz CT molecular complexity index is 714. The van der Waals surface area contributed by atoms with Crippen LogP contribution in [0.5, 0.6) is 0 Å². The zero-order chi connectivity index (χ0) is 32.4. The van der Waals surface area contributed by atoms with Gasteiger partial charge in [-0.05, 0) is 127 Å². The van der Waals surface area contributed by atoms with Gasteiger partial charge in [-0.25, -0.2) is 0 Å². The van der Waals surface area contributed by atoms with E-state index in [1.54, 1.807) is 0 Å². The fourth-order valence-electron chi connectivity index (χ4n) is 7.56. The molecule has 0 spiro atoms. The molecule has 2 aliphatic rings. The minimum atomic E-state index is 0.00549. The lowest BCUT2D eigenvalue weighted by atomic mass is 9.78. The second-order valence-corrected chi connectivity index (χ2v) is 14.6. The first kappa shape index (κ1) is 40.0. The summed E-state index contributed by atoms with van der Waals surface area (Å²) in [6.07, 6.45) is 28.8. The van der Waals surface area contributed by atoms with Crippen LogP contribution in [0.3, 0.4) is 0 Å². The summed E-state index contributed by atoms with van der Waals surface area (Å²) in [6, 6.07) is 0. The SMILES string of the molecule is CCCCCC1CCC(CC(=O)OCCCCCN(CCCCO)CCCCCOC(=O)C2CCC(CCCCC)CC2)CC1. The van der Waals surface area contributed by atoms with Crippen molar-refractivity contribution in [3.05, 3.63) is 0 Å². The Morgan fingerprint density at radius 2 is 1.07 bits per heavy atom. The zero-order valence-electron chi connectivity index (χ0n) is 29.8. The molecule has 0 aromatic heterocycles. The highest BCUT2D eigenvalue weighted by atomic mass is 16.5. The van der Waals surface area contributed by atoms with Crippen LogP contribution in [0.4, 0.5) is 0 Å². The molecule has 0 aromatic rings. The molecule has 6 heteroatoms. The van der Waals surface area contributed by atoms with Crippen molar-refractivity contribution in [2.75, 3.05) is 39.5 Å². The van der Waals surface area contributed by atoms with Crippen LogP contribution in [0, 0.1) is 23.7 Å². The number of aliphatic hydroxyl groups is 1. The number of aliphatic hydroxyl groups excluding tert-OH is 1. The van der Waals surface area contributed by atoms with Crippen molar-refractivity contribution in [1.82, 2.24) is 4.90 Å². The molecule has 0 bridgehead atoms. The summed E-state index contributed by atoms with van der Waals surface area (Å²) in [5, 5.41) is 9.22. The number of carbonyl (C=O) groups is 2. The lowest BCUT2D eigenvalue weighted by molar-refractivity contribution is -0.150. The van der Waals surface area contributed by atoms with E-state index in [2.05, 4.69) is 18.7 Å². The Kier molecular flexibility index (Phi) is 23.9. The minimum Gasteiger partial charge on any atom is -0.466 e. The van der Waals surface area contributed by atoms with E-state index in [0.717, 1.165) is 95.7 Å². The highest BCUT2D eigenvalue weighted by Crippen LogP contribution is 2.34. The summed E-state index contributed by atoms with van der Waals surface area (Å²) in [4.78, 5) is 27.4. The lowest BCUT2D eigenvalue weighted by Gasteiger charge is -2.28. The van der Waals surface area contributed by atoms with Crippen molar-refractivity contribution in [2.24, 2.45) is 23.7 Å². The van der Waals surface area contributed by atoms with Crippen LogP contribution >= 0.6 is 0 Å². The molecule has 1 N–H and O–H groups in total. The van der Waals surface area contributed by atoms with E-state index in [1.165, 1.54) is 89.9 Å². The van der Waals surface area contributed by atoms with Crippen LogP contribution in [0.2, 0.25) is 0 Å². The Hall–Kier alpha value is -1.14. The third-order valence-electron chi connectivity index (χ3n) is 10.7. The van der Waals surface area contributed by atoms with E-state index >= 15 is 0 Å². The summed E-state index contributed by atoms with van der Waals surface area (Å²) in [5.41, 5.74) is 0. The van der Waals surface area contributed by atoms with Gasteiger partial charge in [0.25, 0.3) is 0 Å². The van der Waals surface area contributed by atoms with Gasteiger partial charge in [-0.15, -0.1) is 0 Å². The summed E-state index contributed by atoms with van der Waals surface area (Å²) in [5.74, 6) is 2.41. The molecular formula is C39H73NO5. The van der Waals surface area contributed by atoms with Crippen LogP contribution in [-0.4, -0.2) is 61.4 Å². The third-order valence-corrected chi connectivity index (χ3v) is 10.7. The average molecular weight is 636 g/mol. The van der Waals surface area contributed by atoms with Crippen LogP contribution in [0.1, 0.15) is 174 Å². The fourth-order valence-corrected chi connectivity index (χ4v) is 7.56. The van der Waals surface area contributed by atoms with E-state index in [1.807, 2.05) is 0 Å². The number of carbonyl (C=O) groups excluding carboxylic acids is 2. The molecule has 0 aliphatic heterocycles. The van der Waals surface area contributed by atoms with E-state index in [-0.39, 0.29) is 24.5 Å². The maximum absolute atomic E-state index is 12.5. The highest BCUT2D eigenvalue weighted by Gasteiger charge is 2.27. The molecule has 0 amide bonds. The molecule has 2 aliphatic carbocycles. The van der Waals surface area contributed by atoms with Crippen LogP contribution in [0.25, 0.3) is 0 Å². The second kappa shape index (κ2) is 26.9. The first-order chi connectivity index (χ1) is 22.0. The number of ether oxygens (including phenoxy) is 2. The van der Waals surface area contributed by atoms with E-state index < -0.39 is 0 Å². The Labute approximate surface area is 278 Å². The number of hydrogen-bond donors (Lipinski definition) is 1. The molecule has 2 saturated carbocycles. The quantitative estimate of drug-likeness (QED) is 0.0715. The summed E-state index contributed by atoms with van der Waals surface area (Å²) in [7, 11) is 0. The lowest BCUT2D eigenvalue weighted by Crippen LogP contribution is -2.27. The molecule has 45 heavy (non-hydrogen) atoms. The highest BCUT2D eigenvalue weighted by molar-refractivity contribution is 5.72. The molecule has 264 valence electrons. The van der Waals surface area contributed by atoms with Gasteiger partial charge < -0.3 is 19.5 Å². The van der Waals surface area contributed by atoms with Gasteiger partial charge >= 0.3 is 11.9 Å². The zero-order valence-corrected chi connectivity index (χ0v) is 29.8. The van der Waals surface area contributed by atoms with Crippen LogP contribution in [0.15, 0.2) is 0 Å². The van der Waals surface area contributed by atoms with Crippen LogP contribution in [-0.2, 0) is 19.1 Å².